The van der Waals surface area contributed by atoms with Crippen molar-refractivity contribution in [1.82, 2.24) is 0 Å². The van der Waals surface area contributed by atoms with Gasteiger partial charge in [0.15, 0.2) is 11.9 Å². The molecule has 136 valence electrons. The monoisotopic (exact) mass is 340 g/mol. The largest absolute Gasteiger partial charge is 0.458 e. The zero-order chi connectivity index (χ0) is 17.6. The molecule has 0 spiro atoms. The molecule has 0 saturated carbocycles. The van der Waals surface area contributed by atoms with Crippen LogP contribution in [0.25, 0.3) is 0 Å². The van der Waals surface area contributed by atoms with Crippen molar-refractivity contribution in [2.75, 3.05) is 13.2 Å². The van der Waals surface area contributed by atoms with Crippen molar-refractivity contribution in [2.24, 2.45) is 0 Å². The molecule has 0 radical (unpaired) electrons. The molecule has 24 heavy (non-hydrogen) atoms. The minimum absolute atomic E-state index is 0.133. The highest BCUT2D eigenvalue weighted by atomic mass is 16.8. The lowest BCUT2D eigenvalue weighted by atomic mass is 10.1. The van der Waals surface area contributed by atoms with E-state index in [0.717, 1.165) is 19.3 Å². The molecule has 1 fully saturated rings. The average Bonchev–Trinajstić information content (AvgIpc) is 3.10. The lowest BCUT2D eigenvalue weighted by molar-refractivity contribution is -0.167. The number of carbonyl (C=O) groups is 2. The van der Waals surface area contributed by atoms with E-state index in [-0.39, 0.29) is 12.6 Å². The Morgan fingerprint density at radius 2 is 2.08 bits per heavy atom. The summed E-state index contributed by atoms with van der Waals surface area (Å²) in [6, 6.07) is 0. The minimum Gasteiger partial charge on any atom is -0.458 e. The molecule has 1 saturated heterocycles. The maximum absolute atomic E-state index is 12.2. The first-order chi connectivity index (χ1) is 11.4. The lowest BCUT2D eigenvalue weighted by Gasteiger charge is -2.24. The van der Waals surface area contributed by atoms with Gasteiger partial charge in [-0.2, -0.15) is 0 Å². The predicted octanol–water partition coefficient (Wildman–Crippen LogP) is 2.89. The second-order valence-corrected chi connectivity index (χ2v) is 6.77. The van der Waals surface area contributed by atoms with Gasteiger partial charge in [0.2, 0.25) is 0 Å². The second kappa shape index (κ2) is 8.62. The number of unbranched alkanes of at least 4 members (excludes halogenated alkanes) is 4. The Morgan fingerprint density at radius 1 is 1.33 bits per heavy atom. The second-order valence-electron chi connectivity index (χ2n) is 6.77. The van der Waals surface area contributed by atoms with Crippen molar-refractivity contribution in [3.8, 4) is 0 Å². The molecule has 0 aliphatic carbocycles. The fourth-order valence-corrected chi connectivity index (χ4v) is 2.88. The van der Waals surface area contributed by atoms with Gasteiger partial charge in [-0.25, -0.2) is 4.79 Å². The smallest absolute Gasteiger partial charge is 0.331 e. The first-order valence-electron chi connectivity index (χ1n) is 8.80. The van der Waals surface area contributed by atoms with Crippen molar-refractivity contribution in [3.05, 3.63) is 11.6 Å². The Bertz CT molecular complexity index is 482. The summed E-state index contributed by atoms with van der Waals surface area (Å²) in [5.74, 6) is -1.41. The average molecular weight is 340 g/mol. The van der Waals surface area contributed by atoms with Gasteiger partial charge < -0.3 is 18.9 Å². The summed E-state index contributed by atoms with van der Waals surface area (Å²) in [5, 5.41) is 0. The fraction of sp³-hybridized carbons (Fsp3) is 0.778. The lowest BCUT2D eigenvalue weighted by Crippen LogP contribution is -2.36. The van der Waals surface area contributed by atoms with Crippen molar-refractivity contribution in [1.29, 1.82) is 0 Å². The molecule has 0 aromatic carbocycles. The van der Waals surface area contributed by atoms with E-state index in [1.54, 1.807) is 0 Å². The van der Waals surface area contributed by atoms with E-state index in [0.29, 0.717) is 18.6 Å². The summed E-state index contributed by atoms with van der Waals surface area (Å²) in [6.45, 7) is 6.22. The van der Waals surface area contributed by atoms with Crippen LogP contribution in [-0.4, -0.2) is 43.1 Å². The molecular weight excluding hydrogens is 312 g/mol. The molecule has 2 aliphatic rings. The van der Waals surface area contributed by atoms with Gasteiger partial charge in [-0.15, -0.1) is 0 Å². The molecule has 6 nitrogen and oxygen atoms in total. The number of esters is 2. The zero-order valence-corrected chi connectivity index (χ0v) is 14.8. The Hall–Kier alpha value is -1.40. The standard InChI is InChI=1S/C18H28O6/c1-4-5-6-7-8-9-15(19)23-17(13-10-16(20)21-11-13)14-12-22-18(2,3)24-14/h10,14,17H,4-9,11-12H2,1-3H3/t14-,17-/m1/s1. The van der Waals surface area contributed by atoms with E-state index in [9.17, 15) is 9.59 Å². The summed E-state index contributed by atoms with van der Waals surface area (Å²) in [5.41, 5.74) is 0.630. The molecule has 0 N–H and O–H groups in total. The van der Waals surface area contributed by atoms with Crippen LogP contribution in [0.15, 0.2) is 11.6 Å². The Balaban J connectivity index is 1.90. The van der Waals surface area contributed by atoms with Gasteiger partial charge in [-0.3, -0.25) is 4.79 Å². The molecular formula is C18H28O6. The van der Waals surface area contributed by atoms with Crippen LogP contribution in [0.2, 0.25) is 0 Å². The molecule has 0 unspecified atom stereocenters. The number of carbonyl (C=O) groups excluding carboxylic acids is 2. The van der Waals surface area contributed by atoms with Crippen LogP contribution in [0.3, 0.4) is 0 Å². The molecule has 2 rings (SSSR count). The van der Waals surface area contributed by atoms with Gasteiger partial charge >= 0.3 is 11.9 Å². The molecule has 0 amide bonds. The molecule has 0 bridgehead atoms. The molecule has 0 aromatic heterocycles. The van der Waals surface area contributed by atoms with Crippen LogP contribution >= 0.6 is 0 Å². The fourth-order valence-electron chi connectivity index (χ4n) is 2.88. The third-order valence-electron chi connectivity index (χ3n) is 4.16. The highest BCUT2D eigenvalue weighted by Crippen LogP contribution is 2.29. The molecule has 0 aromatic rings. The summed E-state index contributed by atoms with van der Waals surface area (Å²) >= 11 is 0. The predicted molar refractivity (Wildman–Crippen MR) is 87.2 cm³/mol. The number of cyclic esters (lactones) is 1. The normalized spacial score (nSPS) is 23.7. The van der Waals surface area contributed by atoms with Crippen molar-refractivity contribution in [3.63, 3.8) is 0 Å². The van der Waals surface area contributed by atoms with Crippen LogP contribution in [0.5, 0.6) is 0 Å². The summed E-state index contributed by atoms with van der Waals surface area (Å²) < 4.78 is 21.9. The zero-order valence-electron chi connectivity index (χ0n) is 14.8. The summed E-state index contributed by atoms with van der Waals surface area (Å²) in [6.07, 6.45) is 6.02. The van der Waals surface area contributed by atoms with E-state index >= 15 is 0 Å². The third kappa shape index (κ3) is 5.60. The van der Waals surface area contributed by atoms with Gasteiger partial charge in [-0.1, -0.05) is 32.6 Å². The van der Waals surface area contributed by atoms with Crippen molar-refractivity contribution < 1.29 is 28.5 Å². The quantitative estimate of drug-likeness (QED) is 0.475. The van der Waals surface area contributed by atoms with E-state index in [2.05, 4.69) is 6.92 Å². The molecule has 6 heteroatoms. The molecule has 2 heterocycles. The first-order valence-corrected chi connectivity index (χ1v) is 8.80. The SMILES string of the molecule is CCCCCCCC(=O)O[C@H](C1=CC(=O)OC1)[C@H]1COC(C)(C)O1. The number of hydrogen-bond acceptors (Lipinski definition) is 6. The number of hydrogen-bond donors (Lipinski definition) is 0. The van der Waals surface area contributed by atoms with Gasteiger partial charge in [0.1, 0.15) is 12.7 Å². The van der Waals surface area contributed by atoms with E-state index in [1.165, 1.54) is 18.9 Å². The minimum atomic E-state index is -0.723. The van der Waals surface area contributed by atoms with Gasteiger partial charge in [0.25, 0.3) is 0 Å². The van der Waals surface area contributed by atoms with Crippen molar-refractivity contribution in [2.45, 2.75) is 77.3 Å². The Kier molecular flexibility index (Phi) is 6.80. The van der Waals surface area contributed by atoms with Crippen LogP contribution in [0.4, 0.5) is 0 Å². The van der Waals surface area contributed by atoms with Gasteiger partial charge in [-0.05, 0) is 20.3 Å². The summed E-state index contributed by atoms with van der Waals surface area (Å²) in [7, 11) is 0. The summed E-state index contributed by atoms with van der Waals surface area (Å²) in [4.78, 5) is 23.5. The molecule has 2 aliphatic heterocycles. The highest BCUT2D eigenvalue weighted by Gasteiger charge is 2.42. The topological polar surface area (TPSA) is 71.1 Å². The van der Waals surface area contributed by atoms with Gasteiger partial charge in [0.05, 0.1) is 6.61 Å². The van der Waals surface area contributed by atoms with Gasteiger partial charge in [0, 0.05) is 18.1 Å². The molecule has 2 atom stereocenters. The van der Waals surface area contributed by atoms with E-state index in [4.69, 9.17) is 18.9 Å². The van der Waals surface area contributed by atoms with Crippen molar-refractivity contribution >= 4 is 11.9 Å². The van der Waals surface area contributed by atoms with Crippen LogP contribution in [0, 0.1) is 0 Å². The van der Waals surface area contributed by atoms with Crippen LogP contribution < -0.4 is 0 Å². The van der Waals surface area contributed by atoms with E-state index < -0.39 is 24.0 Å². The number of ether oxygens (including phenoxy) is 4. The Morgan fingerprint density at radius 3 is 2.67 bits per heavy atom. The third-order valence-corrected chi connectivity index (χ3v) is 4.16. The maximum atomic E-state index is 12.2. The van der Waals surface area contributed by atoms with Crippen LogP contribution in [-0.2, 0) is 28.5 Å². The number of rotatable bonds is 9. The first kappa shape index (κ1) is 18.9. The Labute approximate surface area is 143 Å². The maximum Gasteiger partial charge on any atom is 0.331 e. The van der Waals surface area contributed by atoms with E-state index in [1.807, 2.05) is 13.8 Å². The highest BCUT2D eigenvalue weighted by molar-refractivity contribution is 5.85. The van der Waals surface area contributed by atoms with Crippen LogP contribution in [0.1, 0.15) is 59.3 Å².